The van der Waals surface area contributed by atoms with E-state index in [0.717, 1.165) is 39.1 Å². The molecular weight excluding hydrogens is 270 g/mol. The zero-order chi connectivity index (χ0) is 14.7. The molecule has 116 valence electrons. The minimum Gasteiger partial charge on any atom is -0.390 e. The van der Waals surface area contributed by atoms with Crippen molar-refractivity contribution in [1.82, 2.24) is 9.97 Å². The fraction of sp³-hybridized carbons (Fsp3) is 0.733. The molecule has 1 aliphatic carbocycles. The quantitative estimate of drug-likeness (QED) is 0.853. The average molecular weight is 293 g/mol. The third-order valence-corrected chi connectivity index (χ3v) is 4.76. The molecule has 1 saturated heterocycles. The van der Waals surface area contributed by atoms with Gasteiger partial charge in [-0.15, -0.1) is 0 Å². The van der Waals surface area contributed by atoms with Crippen LogP contribution in [0.1, 0.15) is 31.9 Å². The Morgan fingerprint density at radius 3 is 3.00 bits per heavy atom. The van der Waals surface area contributed by atoms with E-state index in [0.29, 0.717) is 23.8 Å². The van der Waals surface area contributed by atoms with Gasteiger partial charge < -0.3 is 19.9 Å². The minimum absolute atomic E-state index is 0.0670. The van der Waals surface area contributed by atoms with Crippen LogP contribution in [0.4, 0.5) is 5.95 Å². The number of aliphatic hydroxyl groups excluding tert-OH is 1. The van der Waals surface area contributed by atoms with Crippen LogP contribution in [0, 0.1) is 5.41 Å². The molecule has 6 heteroatoms. The Labute approximate surface area is 124 Å². The molecule has 0 unspecified atom stereocenters. The van der Waals surface area contributed by atoms with Gasteiger partial charge in [0.1, 0.15) is 0 Å². The molecule has 1 aromatic rings. The Balaban J connectivity index is 1.72. The summed E-state index contributed by atoms with van der Waals surface area (Å²) in [6, 6.07) is 2.03. The SMILES string of the molecule is CCO[C@@H]1C[C@@H](Nc2nccc(CO)n2)C12CCOCC2. The van der Waals surface area contributed by atoms with E-state index < -0.39 is 0 Å². The lowest BCUT2D eigenvalue weighted by atomic mass is 9.57. The van der Waals surface area contributed by atoms with Gasteiger partial charge in [-0.3, -0.25) is 0 Å². The van der Waals surface area contributed by atoms with Crippen molar-refractivity contribution in [2.45, 2.75) is 44.9 Å². The monoisotopic (exact) mass is 293 g/mol. The zero-order valence-corrected chi connectivity index (χ0v) is 12.4. The van der Waals surface area contributed by atoms with E-state index in [2.05, 4.69) is 15.3 Å². The second-order valence-electron chi connectivity index (χ2n) is 5.75. The lowest BCUT2D eigenvalue weighted by molar-refractivity contribution is -0.159. The summed E-state index contributed by atoms with van der Waals surface area (Å²) in [6.45, 7) is 4.30. The molecule has 3 rings (SSSR count). The topological polar surface area (TPSA) is 76.5 Å². The largest absolute Gasteiger partial charge is 0.390 e. The predicted octanol–water partition coefficient (Wildman–Crippen LogP) is 1.35. The molecule has 2 fully saturated rings. The fourth-order valence-electron chi connectivity index (χ4n) is 3.52. The van der Waals surface area contributed by atoms with Crippen LogP contribution in [-0.2, 0) is 16.1 Å². The highest BCUT2D eigenvalue weighted by Gasteiger charge is 2.56. The number of anilines is 1. The lowest BCUT2D eigenvalue weighted by Crippen LogP contribution is -2.63. The van der Waals surface area contributed by atoms with Crippen molar-refractivity contribution in [1.29, 1.82) is 0 Å². The summed E-state index contributed by atoms with van der Waals surface area (Å²) in [7, 11) is 0. The van der Waals surface area contributed by atoms with Crippen LogP contribution in [0.15, 0.2) is 12.3 Å². The summed E-state index contributed by atoms with van der Waals surface area (Å²) in [5, 5.41) is 12.6. The van der Waals surface area contributed by atoms with E-state index in [1.807, 2.05) is 6.92 Å². The molecule has 0 radical (unpaired) electrons. The second kappa shape index (κ2) is 6.25. The highest BCUT2D eigenvalue weighted by atomic mass is 16.5. The molecule has 1 saturated carbocycles. The zero-order valence-electron chi connectivity index (χ0n) is 12.4. The Bertz CT molecular complexity index is 477. The molecule has 0 bridgehead atoms. The number of ether oxygens (including phenoxy) is 2. The number of nitrogens with one attached hydrogen (secondary N) is 1. The summed E-state index contributed by atoms with van der Waals surface area (Å²) < 4.78 is 11.4. The summed E-state index contributed by atoms with van der Waals surface area (Å²) in [4.78, 5) is 8.57. The van der Waals surface area contributed by atoms with Crippen molar-refractivity contribution in [2.75, 3.05) is 25.1 Å². The van der Waals surface area contributed by atoms with Crippen molar-refractivity contribution in [3.8, 4) is 0 Å². The van der Waals surface area contributed by atoms with E-state index >= 15 is 0 Å². The first-order valence-corrected chi connectivity index (χ1v) is 7.67. The number of nitrogens with zero attached hydrogens (tertiary/aromatic N) is 2. The van der Waals surface area contributed by atoms with Crippen LogP contribution in [-0.4, -0.2) is 47.0 Å². The first-order valence-electron chi connectivity index (χ1n) is 7.67. The Hall–Kier alpha value is -1.24. The van der Waals surface area contributed by atoms with Gasteiger partial charge in [-0.1, -0.05) is 0 Å². The van der Waals surface area contributed by atoms with Gasteiger partial charge in [0.2, 0.25) is 5.95 Å². The smallest absolute Gasteiger partial charge is 0.223 e. The molecule has 2 aliphatic rings. The van der Waals surface area contributed by atoms with Crippen molar-refractivity contribution in [2.24, 2.45) is 5.41 Å². The van der Waals surface area contributed by atoms with Gasteiger partial charge in [0.25, 0.3) is 0 Å². The molecule has 0 amide bonds. The van der Waals surface area contributed by atoms with Crippen LogP contribution in [0.2, 0.25) is 0 Å². The van der Waals surface area contributed by atoms with Gasteiger partial charge in [0.05, 0.1) is 18.4 Å². The molecule has 0 aromatic carbocycles. The Morgan fingerprint density at radius 2 is 2.29 bits per heavy atom. The summed E-state index contributed by atoms with van der Waals surface area (Å²) >= 11 is 0. The molecule has 1 aromatic heterocycles. The maximum absolute atomic E-state index is 9.17. The molecule has 21 heavy (non-hydrogen) atoms. The third-order valence-electron chi connectivity index (χ3n) is 4.76. The summed E-state index contributed by atoms with van der Waals surface area (Å²) in [5.74, 6) is 0.590. The lowest BCUT2D eigenvalue weighted by Gasteiger charge is -2.57. The van der Waals surface area contributed by atoms with E-state index in [9.17, 15) is 0 Å². The first kappa shape index (κ1) is 14.7. The van der Waals surface area contributed by atoms with E-state index in [4.69, 9.17) is 14.6 Å². The normalized spacial score (nSPS) is 27.3. The van der Waals surface area contributed by atoms with Gasteiger partial charge >= 0.3 is 0 Å². The fourth-order valence-corrected chi connectivity index (χ4v) is 3.52. The highest BCUT2D eigenvalue weighted by Crippen LogP contribution is 2.51. The van der Waals surface area contributed by atoms with Gasteiger partial charge in [-0.2, -0.15) is 0 Å². The highest BCUT2D eigenvalue weighted by molar-refractivity contribution is 5.31. The van der Waals surface area contributed by atoms with Gasteiger partial charge in [-0.05, 0) is 32.3 Å². The van der Waals surface area contributed by atoms with Crippen molar-refractivity contribution >= 4 is 5.95 Å². The summed E-state index contributed by atoms with van der Waals surface area (Å²) in [6.07, 6.45) is 4.96. The Morgan fingerprint density at radius 1 is 1.48 bits per heavy atom. The Kier molecular flexibility index (Phi) is 4.37. The van der Waals surface area contributed by atoms with E-state index in [1.54, 1.807) is 12.3 Å². The van der Waals surface area contributed by atoms with Crippen LogP contribution in [0.3, 0.4) is 0 Å². The van der Waals surface area contributed by atoms with Crippen LogP contribution in [0.25, 0.3) is 0 Å². The van der Waals surface area contributed by atoms with Crippen molar-refractivity contribution in [3.05, 3.63) is 18.0 Å². The second-order valence-corrected chi connectivity index (χ2v) is 5.75. The number of hydrogen-bond acceptors (Lipinski definition) is 6. The number of aromatic nitrogens is 2. The number of aliphatic hydroxyl groups is 1. The van der Waals surface area contributed by atoms with Crippen LogP contribution in [0.5, 0.6) is 0 Å². The molecule has 6 nitrogen and oxygen atoms in total. The first-order chi connectivity index (χ1) is 10.3. The van der Waals surface area contributed by atoms with Gasteiger partial charge in [0.15, 0.2) is 0 Å². The molecule has 1 spiro atoms. The molecule has 2 atom stereocenters. The van der Waals surface area contributed by atoms with E-state index in [1.165, 1.54) is 0 Å². The number of hydrogen-bond donors (Lipinski definition) is 2. The number of rotatable bonds is 5. The average Bonchev–Trinajstić information content (AvgIpc) is 2.55. The standard InChI is InChI=1S/C15H23N3O3/c1-2-21-13-9-12(15(13)4-7-20-8-5-15)18-14-16-6-3-11(10-19)17-14/h3,6,12-13,19H,2,4-5,7-10H2,1H3,(H,16,17,18)/t12-,13-/m1/s1. The maximum atomic E-state index is 9.17. The van der Waals surface area contributed by atoms with Gasteiger partial charge in [-0.25, -0.2) is 9.97 Å². The van der Waals surface area contributed by atoms with Crippen LogP contribution >= 0.6 is 0 Å². The molecule has 1 aliphatic heterocycles. The van der Waals surface area contributed by atoms with Crippen molar-refractivity contribution in [3.63, 3.8) is 0 Å². The van der Waals surface area contributed by atoms with Crippen LogP contribution < -0.4 is 5.32 Å². The predicted molar refractivity (Wildman–Crippen MR) is 77.9 cm³/mol. The maximum Gasteiger partial charge on any atom is 0.223 e. The van der Waals surface area contributed by atoms with Gasteiger partial charge in [0, 0.05) is 37.5 Å². The van der Waals surface area contributed by atoms with Crippen molar-refractivity contribution < 1.29 is 14.6 Å². The molecule has 2 heterocycles. The molecular formula is C15H23N3O3. The minimum atomic E-state index is -0.0670. The van der Waals surface area contributed by atoms with E-state index in [-0.39, 0.29) is 12.0 Å². The summed E-state index contributed by atoms with van der Waals surface area (Å²) in [5.41, 5.74) is 0.765. The molecule has 2 N–H and O–H groups in total. The third kappa shape index (κ3) is 2.75.